The van der Waals surface area contributed by atoms with Crippen molar-refractivity contribution in [2.24, 2.45) is 0 Å². The fraction of sp³-hybridized carbons (Fsp3) is 0.333. The number of esters is 1. The van der Waals surface area contributed by atoms with Gasteiger partial charge in [-0.1, -0.05) is 29.3 Å². The highest BCUT2D eigenvalue weighted by molar-refractivity contribution is 7.89. The second-order valence-corrected chi connectivity index (χ2v) is 9.99. The zero-order valence-electron chi connectivity index (χ0n) is 16.9. The van der Waals surface area contributed by atoms with Gasteiger partial charge in [-0.15, -0.1) is 0 Å². The summed E-state index contributed by atoms with van der Waals surface area (Å²) >= 11 is 11.7. The smallest absolute Gasteiger partial charge is 0.338 e. The van der Waals surface area contributed by atoms with Crippen molar-refractivity contribution in [2.75, 3.05) is 19.7 Å². The third-order valence-corrected chi connectivity index (χ3v) is 7.24. The Morgan fingerprint density at radius 1 is 1.03 bits per heavy atom. The lowest BCUT2D eigenvalue weighted by molar-refractivity contribution is -0.0440. The van der Waals surface area contributed by atoms with Gasteiger partial charge in [-0.2, -0.15) is 4.31 Å². The van der Waals surface area contributed by atoms with E-state index in [1.165, 1.54) is 46.8 Å². The maximum atomic E-state index is 13.0. The zero-order chi connectivity index (χ0) is 22.8. The Morgan fingerprint density at radius 2 is 1.71 bits per heavy atom. The van der Waals surface area contributed by atoms with E-state index >= 15 is 0 Å². The number of hydrogen-bond acceptors (Lipinski definition) is 6. The van der Waals surface area contributed by atoms with Crippen LogP contribution in [0.5, 0.6) is 0 Å². The van der Waals surface area contributed by atoms with Crippen molar-refractivity contribution in [1.82, 2.24) is 4.31 Å². The lowest BCUT2D eigenvalue weighted by Crippen LogP contribution is -2.48. The fourth-order valence-electron chi connectivity index (χ4n) is 3.23. The van der Waals surface area contributed by atoms with E-state index in [1.54, 1.807) is 13.8 Å². The molecule has 166 valence electrons. The normalized spacial score (nSPS) is 19.7. The number of morpholine rings is 1. The standard InChI is InChI=1S/C21H21Cl2NO6S/c1-13-10-24(11-14(2)30-13)31(27,28)17-5-3-4-16(8-17)21(26)29-12-20(25)15-6-7-18(22)19(23)9-15/h3-9,13-14H,10-12H2,1-2H3. The molecule has 31 heavy (non-hydrogen) atoms. The number of sulfonamides is 1. The third-order valence-electron chi connectivity index (χ3n) is 4.67. The molecule has 0 N–H and O–H groups in total. The maximum Gasteiger partial charge on any atom is 0.338 e. The van der Waals surface area contributed by atoms with E-state index in [4.69, 9.17) is 32.7 Å². The lowest BCUT2D eigenvalue weighted by Gasteiger charge is -2.34. The quantitative estimate of drug-likeness (QED) is 0.456. The number of carbonyl (C=O) groups excluding carboxylic acids is 2. The predicted molar refractivity (Wildman–Crippen MR) is 116 cm³/mol. The Labute approximate surface area is 190 Å². The highest BCUT2D eigenvalue weighted by atomic mass is 35.5. The predicted octanol–water partition coefficient (Wildman–Crippen LogP) is 3.83. The van der Waals surface area contributed by atoms with Gasteiger partial charge >= 0.3 is 5.97 Å². The topological polar surface area (TPSA) is 90.0 Å². The Morgan fingerprint density at radius 3 is 2.35 bits per heavy atom. The van der Waals surface area contributed by atoms with Gasteiger partial charge in [0.05, 0.1) is 32.7 Å². The van der Waals surface area contributed by atoms with Crippen LogP contribution in [0, 0.1) is 0 Å². The number of Topliss-reactive ketones (excluding diaryl/α,β-unsaturated/α-hetero) is 1. The van der Waals surface area contributed by atoms with Gasteiger partial charge in [-0.3, -0.25) is 4.79 Å². The molecular formula is C21H21Cl2NO6S. The molecule has 0 bridgehead atoms. The summed E-state index contributed by atoms with van der Waals surface area (Å²) in [5.41, 5.74) is 0.270. The minimum Gasteiger partial charge on any atom is -0.454 e. The lowest BCUT2D eigenvalue weighted by atomic mass is 10.1. The molecule has 1 aliphatic rings. The summed E-state index contributed by atoms with van der Waals surface area (Å²) in [6.45, 7) is 3.53. The molecule has 0 amide bonds. The van der Waals surface area contributed by atoms with E-state index in [1.807, 2.05) is 0 Å². The van der Waals surface area contributed by atoms with E-state index < -0.39 is 28.4 Å². The summed E-state index contributed by atoms with van der Waals surface area (Å²) < 4.78 is 38.0. The van der Waals surface area contributed by atoms with Crippen molar-refractivity contribution in [3.8, 4) is 0 Å². The van der Waals surface area contributed by atoms with Crippen molar-refractivity contribution < 1.29 is 27.5 Å². The Bertz CT molecular complexity index is 1090. The molecule has 1 fully saturated rings. The number of nitrogens with zero attached hydrogens (tertiary/aromatic N) is 1. The minimum atomic E-state index is -3.82. The molecule has 3 rings (SSSR count). The van der Waals surface area contributed by atoms with Crippen LogP contribution in [-0.4, -0.2) is 56.4 Å². The van der Waals surface area contributed by atoms with Crippen molar-refractivity contribution >= 4 is 45.0 Å². The first-order valence-electron chi connectivity index (χ1n) is 9.49. The number of carbonyl (C=O) groups is 2. The van der Waals surface area contributed by atoms with Crippen molar-refractivity contribution in [3.05, 3.63) is 63.6 Å². The number of ether oxygens (including phenoxy) is 2. The molecule has 2 atom stereocenters. The van der Waals surface area contributed by atoms with Crippen LogP contribution in [0.2, 0.25) is 10.0 Å². The van der Waals surface area contributed by atoms with Gasteiger partial charge < -0.3 is 9.47 Å². The summed E-state index contributed by atoms with van der Waals surface area (Å²) in [5, 5.41) is 0.515. The molecular weight excluding hydrogens is 465 g/mol. The minimum absolute atomic E-state index is 0.0253. The summed E-state index contributed by atoms with van der Waals surface area (Å²) in [5.74, 6) is -1.28. The molecule has 2 aromatic carbocycles. The van der Waals surface area contributed by atoms with Gasteiger partial charge in [0, 0.05) is 18.7 Å². The summed E-state index contributed by atoms with van der Waals surface area (Å²) in [6.07, 6.45) is -0.474. The molecule has 10 heteroatoms. The van der Waals surface area contributed by atoms with E-state index in [2.05, 4.69) is 0 Å². The van der Waals surface area contributed by atoms with Crippen LogP contribution in [0.15, 0.2) is 47.4 Å². The molecule has 0 saturated carbocycles. The first-order valence-corrected chi connectivity index (χ1v) is 11.7. The maximum absolute atomic E-state index is 13.0. The summed E-state index contributed by atoms with van der Waals surface area (Å²) in [7, 11) is -3.82. The largest absolute Gasteiger partial charge is 0.454 e. The monoisotopic (exact) mass is 485 g/mol. The second-order valence-electron chi connectivity index (χ2n) is 7.24. The first-order chi connectivity index (χ1) is 14.6. The van der Waals surface area contributed by atoms with Crippen LogP contribution in [0.25, 0.3) is 0 Å². The van der Waals surface area contributed by atoms with Crippen LogP contribution in [0.1, 0.15) is 34.6 Å². The summed E-state index contributed by atoms with van der Waals surface area (Å²) in [4.78, 5) is 24.6. The number of halogens is 2. The molecule has 0 aliphatic carbocycles. The van der Waals surface area contributed by atoms with E-state index in [0.29, 0.717) is 5.02 Å². The van der Waals surface area contributed by atoms with Crippen molar-refractivity contribution in [2.45, 2.75) is 31.0 Å². The van der Waals surface area contributed by atoms with E-state index in [9.17, 15) is 18.0 Å². The van der Waals surface area contributed by atoms with Crippen LogP contribution in [0.3, 0.4) is 0 Å². The van der Waals surface area contributed by atoms with Gasteiger partial charge in [0.15, 0.2) is 12.4 Å². The molecule has 1 aliphatic heterocycles. The average Bonchev–Trinajstić information content (AvgIpc) is 2.73. The van der Waals surface area contributed by atoms with E-state index in [0.717, 1.165) is 0 Å². The van der Waals surface area contributed by atoms with Gasteiger partial charge in [-0.05, 0) is 50.2 Å². The van der Waals surface area contributed by atoms with Gasteiger partial charge in [0.1, 0.15) is 0 Å². The van der Waals surface area contributed by atoms with E-state index in [-0.39, 0.29) is 46.3 Å². The van der Waals surface area contributed by atoms with Crippen LogP contribution in [-0.2, 0) is 19.5 Å². The average molecular weight is 486 g/mol. The van der Waals surface area contributed by atoms with Gasteiger partial charge in [-0.25, -0.2) is 13.2 Å². The molecule has 7 nitrogen and oxygen atoms in total. The second kappa shape index (κ2) is 9.67. The van der Waals surface area contributed by atoms with Crippen molar-refractivity contribution in [1.29, 1.82) is 0 Å². The molecule has 0 spiro atoms. The van der Waals surface area contributed by atoms with Crippen LogP contribution >= 0.6 is 23.2 Å². The Hall–Kier alpha value is -1.97. The number of ketones is 1. The molecule has 2 aromatic rings. The molecule has 2 unspecified atom stereocenters. The zero-order valence-corrected chi connectivity index (χ0v) is 19.2. The third kappa shape index (κ3) is 5.64. The Balaban J connectivity index is 1.71. The van der Waals surface area contributed by atoms with Crippen LogP contribution in [0.4, 0.5) is 0 Å². The molecule has 0 aromatic heterocycles. The fourth-order valence-corrected chi connectivity index (χ4v) is 5.16. The summed E-state index contributed by atoms with van der Waals surface area (Å²) in [6, 6.07) is 9.87. The van der Waals surface area contributed by atoms with Gasteiger partial charge in [0.25, 0.3) is 0 Å². The molecule has 0 radical (unpaired) electrons. The molecule has 1 saturated heterocycles. The SMILES string of the molecule is CC1CN(S(=O)(=O)c2cccc(C(=O)OCC(=O)c3ccc(Cl)c(Cl)c3)c2)CC(C)O1. The Kier molecular flexibility index (Phi) is 7.39. The highest BCUT2D eigenvalue weighted by Crippen LogP contribution is 2.24. The van der Waals surface area contributed by atoms with Crippen LogP contribution < -0.4 is 0 Å². The first kappa shape index (κ1) is 23.7. The number of hydrogen-bond donors (Lipinski definition) is 0. The van der Waals surface area contributed by atoms with Gasteiger partial charge in [0.2, 0.25) is 10.0 Å². The van der Waals surface area contributed by atoms with Crippen molar-refractivity contribution in [3.63, 3.8) is 0 Å². The highest BCUT2D eigenvalue weighted by Gasteiger charge is 2.32. The number of rotatable bonds is 6. The number of benzene rings is 2. The molecule has 1 heterocycles.